The highest BCUT2D eigenvalue weighted by Gasteiger charge is 2.24. The van der Waals surface area contributed by atoms with Gasteiger partial charge in [-0.05, 0) is 28.6 Å². The fourth-order valence-electron chi connectivity index (χ4n) is 3.12. The second-order valence-electron chi connectivity index (χ2n) is 6.42. The third-order valence-electron chi connectivity index (χ3n) is 4.51. The average molecular weight is 429 g/mol. The Morgan fingerprint density at radius 3 is 2.33 bits per heavy atom. The lowest BCUT2D eigenvalue weighted by Crippen LogP contribution is -2.06. The Morgan fingerprint density at radius 2 is 1.73 bits per heavy atom. The van der Waals surface area contributed by atoms with Gasteiger partial charge in [-0.1, -0.05) is 78.5 Å². The first-order valence-corrected chi connectivity index (χ1v) is 10.9. The van der Waals surface area contributed by atoms with Crippen molar-refractivity contribution in [3.05, 3.63) is 95.4 Å². The van der Waals surface area contributed by atoms with Crippen LogP contribution in [0.1, 0.15) is 21.2 Å². The molecule has 0 saturated carbocycles. The number of rotatable bonds is 6. The highest BCUT2D eigenvalue weighted by atomic mass is 32.2. The molecule has 0 unspecified atom stereocenters. The van der Waals surface area contributed by atoms with Gasteiger partial charge in [-0.25, -0.2) is 9.78 Å². The Morgan fingerprint density at radius 1 is 1.03 bits per heavy atom. The lowest BCUT2D eigenvalue weighted by Gasteiger charge is -2.15. The topological polar surface area (TPSA) is 74.0 Å². The van der Waals surface area contributed by atoms with Crippen molar-refractivity contribution in [2.45, 2.75) is 10.3 Å². The van der Waals surface area contributed by atoms with Crippen LogP contribution < -0.4 is 0 Å². The molecule has 4 rings (SSSR count). The summed E-state index contributed by atoms with van der Waals surface area (Å²) in [6.07, 6.45) is 0. The number of carboxylic acids is 1. The smallest absolute Gasteiger partial charge is 0.339 e. The van der Waals surface area contributed by atoms with E-state index in [2.05, 4.69) is 11.1 Å². The molecule has 30 heavy (non-hydrogen) atoms. The van der Waals surface area contributed by atoms with Gasteiger partial charge in [0.2, 0.25) is 0 Å². The lowest BCUT2D eigenvalue weighted by atomic mass is 10.0. The van der Waals surface area contributed by atoms with E-state index in [1.165, 1.54) is 23.1 Å². The van der Waals surface area contributed by atoms with E-state index in [-0.39, 0.29) is 5.56 Å². The van der Waals surface area contributed by atoms with Crippen molar-refractivity contribution in [2.24, 2.45) is 0 Å². The van der Waals surface area contributed by atoms with Crippen LogP contribution in [0.15, 0.2) is 89.3 Å². The van der Waals surface area contributed by atoms with Crippen molar-refractivity contribution in [2.75, 3.05) is 0 Å². The number of carbonyl (C=O) groups is 1. The van der Waals surface area contributed by atoms with Crippen LogP contribution in [0, 0.1) is 11.3 Å². The van der Waals surface area contributed by atoms with Crippen LogP contribution in [0.2, 0.25) is 0 Å². The second-order valence-corrected chi connectivity index (χ2v) is 8.46. The maximum atomic E-state index is 12.3. The van der Waals surface area contributed by atoms with Gasteiger partial charge in [0, 0.05) is 5.56 Å². The van der Waals surface area contributed by atoms with E-state index in [1.807, 2.05) is 84.2 Å². The van der Waals surface area contributed by atoms with Crippen LogP contribution in [-0.2, 0) is 0 Å². The summed E-state index contributed by atoms with van der Waals surface area (Å²) in [5.41, 5.74) is 3.01. The molecule has 146 valence electrons. The van der Waals surface area contributed by atoms with Gasteiger partial charge in [0.25, 0.3) is 0 Å². The van der Waals surface area contributed by atoms with Gasteiger partial charge in [0.1, 0.15) is 10.3 Å². The normalized spacial score (nSPS) is 11.6. The summed E-state index contributed by atoms with van der Waals surface area (Å²) in [7, 11) is 0. The second kappa shape index (κ2) is 8.95. The fraction of sp³-hybridized carbons (Fsp3) is 0.0417. The zero-order valence-electron chi connectivity index (χ0n) is 15.7. The molecular weight excluding hydrogens is 412 g/mol. The van der Waals surface area contributed by atoms with Gasteiger partial charge in [-0.3, -0.25) is 0 Å². The summed E-state index contributed by atoms with van der Waals surface area (Å²) in [5, 5.41) is 21.5. The van der Waals surface area contributed by atoms with E-state index in [0.717, 1.165) is 16.0 Å². The Balaban J connectivity index is 1.91. The first kappa shape index (κ1) is 19.9. The predicted octanol–water partition coefficient (Wildman–Crippen LogP) is 6.53. The molecule has 0 aliphatic carbocycles. The first-order valence-electron chi connectivity index (χ1n) is 9.16. The van der Waals surface area contributed by atoms with Gasteiger partial charge in [0.05, 0.1) is 22.2 Å². The molecular formula is C24H16N2O2S2. The zero-order chi connectivity index (χ0) is 20.9. The van der Waals surface area contributed by atoms with E-state index >= 15 is 0 Å². The number of hydrogen-bond acceptors (Lipinski definition) is 5. The number of thiophene rings is 1. The quantitative estimate of drug-likeness (QED) is 0.353. The molecule has 0 aliphatic rings. The first-order chi connectivity index (χ1) is 14.7. The minimum atomic E-state index is -1.06. The SMILES string of the molecule is N#C[C@@H](Sc1nc(-c2cccs2)cc(-c2ccccc2)c1C(=O)O)c1ccccc1. The van der Waals surface area contributed by atoms with Crippen molar-refractivity contribution in [1.29, 1.82) is 5.26 Å². The molecule has 1 N–H and O–H groups in total. The number of benzene rings is 2. The van der Waals surface area contributed by atoms with Gasteiger partial charge in [-0.15, -0.1) is 11.3 Å². The van der Waals surface area contributed by atoms with Crippen molar-refractivity contribution in [3.8, 4) is 27.8 Å². The molecule has 2 aromatic carbocycles. The van der Waals surface area contributed by atoms with Crippen LogP contribution >= 0.6 is 23.1 Å². The number of hydrogen-bond donors (Lipinski definition) is 1. The van der Waals surface area contributed by atoms with Gasteiger partial charge >= 0.3 is 5.97 Å². The Hall–Kier alpha value is -3.40. The molecule has 2 aromatic heterocycles. The van der Waals surface area contributed by atoms with E-state index in [0.29, 0.717) is 16.3 Å². The third-order valence-corrected chi connectivity index (χ3v) is 6.53. The number of nitrogens with zero attached hydrogens (tertiary/aromatic N) is 2. The molecule has 6 heteroatoms. The lowest BCUT2D eigenvalue weighted by molar-refractivity contribution is 0.0693. The summed E-state index contributed by atoms with van der Waals surface area (Å²) in [4.78, 5) is 17.9. The summed E-state index contributed by atoms with van der Waals surface area (Å²) >= 11 is 2.71. The Bertz CT molecular complexity index is 1200. The van der Waals surface area contributed by atoms with Crippen molar-refractivity contribution in [1.82, 2.24) is 4.98 Å². The van der Waals surface area contributed by atoms with Crippen LogP contribution in [-0.4, -0.2) is 16.1 Å². The molecule has 0 saturated heterocycles. The molecule has 0 fully saturated rings. The van der Waals surface area contributed by atoms with Crippen molar-refractivity contribution < 1.29 is 9.90 Å². The number of aromatic carboxylic acids is 1. The molecule has 0 bridgehead atoms. The molecule has 0 radical (unpaired) electrons. The molecule has 0 spiro atoms. The number of carboxylic acid groups (broad SMARTS) is 1. The summed E-state index contributed by atoms with van der Waals surface area (Å²) in [6.45, 7) is 0. The van der Waals surface area contributed by atoms with E-state index < -0.39 is 11.2 Å². The summed E-state index contributed by atoms with van der Waals surface area (Å²) in [5.74, 6) is -1.06. The van der Waals surface area contributed by atoms with E-state index in [4.69, 9.17) is 0 Å². The van der Waals surface area contributed by atoms with Crippen LogP contribution in [0.25, 0.3) is 21.7 Å². The minimum absolute atomic E-state index is 0.114. The van der Waals surface area contributed by atoms with Gasteiger partial charge in [-0.2, -0.15) is 5.26 Å². The monoisotopic (exact) mass is 428 g/mol. The van der Waals surface area contributed by atoms with Crippen molar-refractivity contribution >= 4 is 29.1 Å². The molecule has 0 aliphatic heterocycles. The van der Waals surface area contributed by atoms with E-state index in [1.54, 1.807) is 0 Å². The third kappa shape index (κ3) is 4.13. The van der Waals surface area contributed by atoms with Crippen molar-refractivity contribution in [3.63, 3.8) is 0 Å². The standard InChI is InChI=1S/C24H16N2O2S2/c25-15-21(17-10-5-2-6-11-17)30-23-22(24(27)28)18(16-8-3-1-4-9-16)14-19(26-23)20-12-7-13-29-20/h1-14,21H,(H,27,28)/t21-/m1/s1. The largest absolute Gasteiger partial charge is 0.478 e. The molecule has 4 aromatic rings. The van der Waals surface area contributed by atoms with E-state index in [9.17, 15) is 15.2 Å². The minimum Gasteiger partial charge on any atom is -0.478 e. The Labute approximate surface area is 182 Å². The highest BCUT2D eigenvalue weighted by molar-refractivity contribution is 7.99. The molecule has 4 nitrogen and oxygen atoms in total. The number of pyridine rings is 1. The molecule has 0 amide bonds. The number of aromatic nitrogens is 1. The summed E-state index contributed by atoms with van der Waals surface area (Å²) < 4.78 is 0. The number of nitriles is 1. The van der Waals surface area contributed by atoms with Crippen LogP contribution in [0.4, 0.5) is 0 Å². The molecule has 2 heterocycles. The highest BCUT2D eigenvalue weighted by Crippen LogP contribution is 2.41. The fourth-order valence-corrected chi connectivity index (χ4v) is 4.84. The maximum Gasteiger partial charge on any atom is 0.339 e. The van der Waals surface area contributed by atoms with Gasteiger partial charge < -0.3 is 5.11 Å². The number of thioether (sulfide) groups is 1. The zero-order valence-corrected chi connectivity index (χ0v) is 17.4. The Kier molecular flexibility index (Phi) is 5.94. The van der Waals surface area contributed by atoms with Crippen LogP contribution in [0.3, 0.4) is 0 Å². The molecule has 1 atom stereocenters. The maximum absolute atomic E-state index is 12.3. The summed E-state index contributed by atoms with van der Waals surface area (Å²) in [6, 6.07) is 26.7. The van der Waals surface area contributed by atoms with Crippen LogP contribution in [0.5, 0.6) is 0 Å². The predicted molar refractivity (Wildman–Crippen MR) is 121 cm³/mol. The average Bonchev–Trinajstić information content (AvgIpc) is 3.33. The van der Waals surface area contributed by atoms with Gasteiger partial charge in [0.15, 0.2) is 0 Å².